The van der Waals surface area contributed by atoms with E-state index in [1.54, 1.807) is 17.0 Å². The minimum atomic E-state index is -0.183. The maximum Gasteiger partial charge on any atom is 0.310 e. The first-order valence-corrected chi connectivity index (χ1v) is 10.7. The number of carbonyl (C=O) groups is 3. The van der Waals surface area contributed by atoms with Crippen LogP contribution in [0, 0.1) is 11.8 Å². The first-order chi connectivity index (χ1) is 14.9. The van der Waals surface area contributed by atoms with Gasteiger partial charge in [0.1, 0.15) is 0 Å². The zero-order chi connectivity index (χ0) is 22.4. The quantitative estimate of drug-likeness (QED) is 0.243. The standard InChI is InChI=1S/C22H31N5O4.HI/c1-4-23-22(27-12-15(2)18(13-27)21(30)31-3)25-11-16-5-7-17(8-6-16)20(29)26-10-9-24-19(28)14-26;/h5-8,15,18H,4,9-14H2,1-3H3,(H,23,25)(H,24,28);1H. The van der Waals surface area contributed by atoms with Crippen molar-refractivity contribution in [1.82, 2.24) is 20.4 Å². The van der Waals surface area contributed by atoms with Crippen molar-refractivity contribution in [2.75, 3.05) is 46.4 Å². The Hall–Kier alpha value is -2.37. The summed E-state index contributed by atoms with van der Waals surface area (Å²) in [6, 6.07) is 7.32. The molecule has 2 unspecified atom stereocenters. The van der Waals surface area contributed by atoms with Crippen LogP contribution in [0.25, 0.3) is 0 Å². The van der Waals surface area contributed by atoms with Crippen molar-refractivity contribution in [2.24, 2.45) is 16.8 Å². The van der Waals surface area contributed by atoms with E-state index in [0.29, 0.717) is 31.7 Å². The number of aliphatic imine (C=N–C) groups is 1. The number of ether oxygens (including phenoxy) is 1. The number of nitrogens with zero attached hydrogens (tertiary/aromatic N) is 3. The van der Waals surface area contributed by atoms with Gasteiger partial charge in [-0.05, 0) is 30.5 Å². The van der Waals surface area contributed by atoms with Crippen LogP contribution in [0.5, 0.6) is 0 Å². The topological polar surface area (TPSA) is 103 Å². The molecule has 176 valence electrons. The normalized spacial score (nSPS) is 21.0. The van der Waals surface area contributed by atoms with Gasteiger partial charge in [0, 0.05) is 38.3 Å². The van der Waals surface area contributed by atoms with Gasteiger partial charge < -0.3 is 25.2 Å². The summed E-state index contributed by atoms with van der Waals surface area (Å²) in [5.74, 6) is 0.345. The van der Waals surface area contributed by atoms with Crippen LogP contribution in [0.4, 0.5) is 0 Å². The fourth-order valence-corrected chi connectivity index (χ4v) is 3.94. The number of likely N-dealkylation sites (tertiary alicyclic amines) is 1. The third kappa shape index (κ3) is 6.33. The Morgan fingerprint density at radius 2 is 1.94 bits per heavy atom. The van der Waals surface area contributed by atoms with E-state index in [1.165, 1.54) is 7.11 Å². The minimum Gasteiger partial charge on any atom is -0.469 e. The van der Waals surface area contributed by atoms with Crippen LogP contribution in [0.1, 0.15) is 29.8 Å². The summed E-state index contributed by atoms with van der Waals surface area (Å²) in [4.78, 5) is 44.5. The van der Waals surface area contributed by atoms with E-state index in [2.05, 4.69) is 15.5 Å². The molecule has 0 spiro atoms. The Balaban J connectivity index is 0.00000363. The number of carbonyl (C=O) groups excluding carboxylic acids is 3. The molecule has 0 bridgehead atoms. The molecule has 2 aliphatic heterocycles. The van der Waals surface area contributed by atoms with Crippen LogP contribution in [0.3, 0.4) is 0 Å². The van der Waals surface area contributed by atoms with E-state index in [0.717, 1.165) is 24.6 Å². The SMILES string of the molecule is CCNC(=NCc1ccc(C(=O)N2CCNC(=O)C2)cc1)N1CC(C)C(C(=O)OC)C1.I. The van der Waals surface area contributed by atoms with E-state index in [1.807, 2.05) is 26.0 Å². The monoisotopic (exact) mass is 557 g/mol. The number of hydrogen-bond acceptors (Lipinski definition) is 5. The van der Waals surface area contributed by atoms with Crippen molar-refractivity contribution < 1.29 is 19.1 Å². The summed E-state index contributed by atoms with van der Waals surface area (Å²) in [6.45, 7) is 7.65. The summed E-state index contributed by atoms with van der Waals surface area (Å²) >= 11 is 0. The van der Waals surface area contributed by atoms with Gasteiger partial charge in [0.2, 0.25) is 5.91 Å². The first-order valence-electron chi connectivity index (χ1n) is 10.7. The maximum absolute atomic E-state index is 12.6. The third-order valence-corrected chi connectivity index (χ3v) is 5.69. The Bertz CT molecular complexity index is 845. The highest BCUT2D eigenvalue weighted by molar-refractivity contribution is 14.0. The second kappa shape index (κ2) is 12.0. The molecular formula is C22H32IN5O4. The van der Waals surface area contributed by atoms with Crippen LogP contribution in [-0.2, 0) is 20.9 Å². The molecule has 2 fully saturated rings. The predicted molar refractivity (Wildman–Crippen MR) is 132 cm³/mol. The highest BCUT2D eigenvalue weighted by atomic mass is 127. The van der Waals surface area contributed by atoms with Crippen LogP contribution in [-0.4, -0.2) is 79.9 Å². The van der Waals surface area contributed by atoms with Crippen molar-refractivity contribution in [1.29, 1.82) is 0 Å². The Morgan fingerprint density at radius 3 is 2.56 bits per heavy atom. The molecule has 9 nitrogen and oxygen atoms in total. The Morgan fingerprint density at radius 1 is 1.22 bits per heavy atom. The lowest BCUT2D eigenvalue weighted by Crippen LogP contribution is -2.49. The lowest BCUT2D eigenvalue weighted by molar-refractivity contribution is -0.146. The molecule has 2 N–H and O–H groups in total. The van der Waals surface area contributed by atoms with E-state index in [4.69, 9.17) is 9.73 Å². The summed E-state index contributed by atoms with van der Waals surface area (Å²) < 4.78 is 4.92. The molecule has 2 saturated heterocycles. The average molecular weight is 557 g/mol. The van der Waals surface area contributed by atoms with Gasteiger partial charge in [-0.15, -0.1) is 24.0 Å². The number of hydrogen-bond donors (Lipinski definition) is 2. The molecule has 10 heteroatoms. The van der Waals surface area contributed by atoms with Gasteiger partial charge in [0.05, 0.1) is 26.1 Å². The van der Waals surface area contributed by atoms with Crippen LogP contribution in [0.2, 0.25) is 0 Å². The highest BCUT2D eigenvalue weighted by Gasteiger charge is 2.36. The van der Waals surface area contributed by atoms with Crippen LogP contribution >= 0.6 is 24.0 Å². The number of esters is 1. The number of nitrogens with one attached hydrogen (secondary N) is 2. The summed E-state index contributed by atoms with van der Waals surface area (Å²) in [5, 5.41) is 6.01. The van der Waals surface area contributed by atoms with Crippen LogP contribution < -0.4 is 10.6 Å². The maximum atomic E-state index is 12.6. The predicted octanol–water partition coefficient (Wildman–Crippen LogP) is 1.08. The van der Waals surface area contributed by atoms with Crippen molar-refractivity contribution >= 4 is 47.7 Å². The molecule has 0 saturated carbocycles. The van der Waals surface area contributed by atoms with Gasteiger partial charge in [-0.1, -0.05) is 19.1 Å². The minimum absolute atomic E-state index is 0. The average Bonchev–Trinajstić information content (AvgIpc) is 3.17. The van der Waals surface area contributed by atoms with Gasteiger partial charge >= 0.3 is 5.97 Å². The van der Waals surface area contributed by atoms with E-state index < -0.39 is 0 Å². The zero-order valence-electron chi connectivity index (χ0n) is 18.8. The van der Waals surface area contributed by atoms with Gasteiger partial charge in [-0.3, -0.25) is 14.4 Å². The lowest BCUT2D eigenvalue weighted by Gasteiger charge is -2.26. The highest BCUT2D eigenvalue weighted by Crippen LogP contribution is 2.24. The number of guanidine groups is 1. The largest absolute Gasteiger partial charge is 0.469 e. The molecule has 1 aromatic carbocycles. The second-order valence-electron chi connectivity index (χ2n) is 7.96. The van der Waals surface area contributed by atoms with Gasteiger partial charge in [0.15, 0.2) is 5.96 Å². The van der Waals surface area contributed by atoms with Gasteiger partial charge in [-0.2, -0.15) is 0 Å². The fraction of sp³-hybridized carbons (Fsp3) is 0.545. The molecule has 2 aliphatic rings. The molecule has 3 rings (SSSR count). The third-order valence-electron chi connectivity index (χ3n) is 5.69. The van der Waals surface area contributed by atoms with Crippen molar-refractivity contribution in [3.63, 3.8) is 0 Å². The van der Waals surface area contributed by atoms with Crippen LogP contribution in [0.15, 0.2) is 29.3 Å². The number of benzene rings is 1. The summed E-state index contributed by atoms with van der Waals surface area (Å²) in [7, 11) is 1.42. The van der Waals surface area contributed by atoms with E-state index in [-0.39, 0.29) is 60.1 Å². The number of amides is 2. The molecule has 0 aliphatic carbocycles. The zero-order valence-corrected chi connectivity index (χ0v) is 21.1. The van der Waals surface area contributed by atoms with Crippen molar-refractivity contribution in [3.05, 3.63) is 35.4 Å². The molecule has 2 amide bonds. The number of piperazine rings is 1. The smallest absolute Gasteiger partial charge is 0.310 e. The lowest BCUT2D eigenvalue weighted by atomic mass is 9.99. The van der Waals surface area contributed by atoms with E-state index in [9.17, 15) is 14.4 Å². The summed E-state index contributed by atoms with van der Waals surface area (Å²) in [5.41, 5.74) is 1.53. The van der Waals surface area contributed by atoms with Crippen molar-refractivity contribution in [3.8, 4) is 0 Å². The Kier molecular flexibility index (Phi) is 9.73. The van der Waals surface area contributed by atoms with Gasteiger partial charge in [0.25, 0.3) is 5.91 Å². The fourth-order valence-electron chi connectivity index (χ4n) is 3.94. The first kappa shape index (κ1) is 25.9. The molecule has 0 aromatic heterocycles. The Labute approximate surface area is 206 Å². The molecule has 1 aromatic rings. The summed E-state index contributed by atoms with van der Waals surface area (Å²) in [6.07, 6.45) is 0. The van der Waals surface area contributed by atoms with E-state index >= 15 is 0 Å². The molecule has 2 atom stereocenters. The second-order valence-corrected chi connectivity index (χ2v) is 7.96. The van der Waals surface area contributed by atoms with Crippen molar-refractivity contribution in [2.45, 2.75) is 20.4 Å². The molecule has 2 heterocycles. The number of methoxy groups -OCH3 is 1. The van der Waals surface area contributed by atoms with Gasteiger partial charge in [-0.25, -0.2) is 4.99 Å². The molecule has 32 heavy (non-hydrogen) atoms. The number of rotatable bonds is 5. The molecule has 0 radical (unpaired) electrons. The molecular weight excluding hydrogens is 525 g/mol. The number of halogens is 1.